The lowest BCUT2D eigenvalue weighted by Crippen LogP contribution is -2.43. The molecule has 1 aliphatic rings. The summed E-state index contributed by atoms with van der Waals surface area (Å²) in [5.41, 5.74) is 1.05. The van der Waals surface area contributed by atoms with E-state index in [1.165, 1.54) is 6.20 Å². The summed E-state index contributed by atoms with van der Waals surface area (Å²) in [6.45, 7) is 0.249. The Labute approximate surface area is 137 Å². The zero-order valence-electron chi connectivity index (χ0n) is 11.8. The molecule has 1 aromatic heterocycles. The Hall–Kier alpha value is -1.50. The van der Waals surface area contributed by atoms with Crippen molar-refractivity contribution in [1.82, 2.24) is 15.5 Å². The third-order valence-electron chi connectivity index (χ3n) is 3.66. The molecule has 1 saturated heterocycles. The zero-order chi connectivity index (χ0) is 15.6. The quantitative estimate of drug-likeness (QED) is 0.800. The summed E-state index contributed by atoms with van der Waals surface area (Å²) in [6, 6.07) is 7.22. The van der Waals surface area contributed by atoms with E-state index in [1.807, 2.05) is 12.1 Å². The predicted molar refractivity (Wildman–Crippen MR) is 88.3 cm³/mol. The highest BCUT2D eigenvalue weighted by molar-refractivity contribution is 7.99. The minimum Gasteiger partial charge on any atom is -0.387 e. The maximum atomic E-state index is 12.4. The Morgan fingerprint density at radius 2 is 2.41 bits per heavy atom. The number of rotatable bonds is 4. The molecule has 1 aromatic carbocycles. The van der Waals surface area contributed by atoms with E-state index in [4.69, 9.17) is 11.6 Å². The molecule has 2 heterocycles. The van der Waals surface area contributed by atoms with E-state index in [0.717, 1.165) is 11.3 Å². The van der Waals surface area contributed by atoms with Gasteiger partial charge in [-0.3, -0.25) is 9.89 Å². The van der Waals surface area contributed by atoms with Crippen LogP contribution in [-0.2, 0) is 0 Å². The average molecular weight is 338 g/mol. The summed E-state index contributed by atoms with van der Waals surface area (Å²) in [4.78, 5) is 12.4. The first-order valence-corrected chi connectivity index (χ1v) is 8.48. The number of hydrogen-bond donors (Lipinski definition) is 3. The molecule has 0 saturated carbocycles. The molecule has 1 aliphatic heterocycles. The zero-order valence-corrected chi connectivity index (χ0v) is 13.4. The van der Waals surface area contributed by atoms with E-state index in [0.29, 0.717) is 28.5 Å². The molecular formula is C15H16ClN3O2S. The van der Waals surface area contributed by atoms with E-state index in [-0.39, 0.29) is 12.5 Å². The third kappa shape index (κ3) is 3.29. The van der Waals surface area contributed by atoms with Crippen molar-refractivity contribution in [2.45, 2.75) is 12.0 Å². The maximum Gasteiger partial charge on any atom is 0.255 e. The van der Waals surface area contributed by atoms with E-state index in [9.17, 15) is 9.90 Å². The van der Waals surface area contributed by atoms with Gasteiger partial charge in [-0.1, -0.05) is 23.7 Å². The standard InChI is InChI=1S/C15H16ClN3O2S/c16-11-3-1-2-10(6-11)13-12(7-18-19-13)14(20)17-8-15(21)4-5-22-9-15/h1-3,6-7,21H,4-5,8-9H2,(H,17,20)(H,18,19)/t15-/m0/s1. The molecule has 2 aromatic rings. The number of aromatic amines is 1. The lowest BCUT2D eigenvalue weighted by atomic mass is 10.0. The molecule has 0 radical (unpaired) electrons. The van der Waals surface area contributed by atoms with Gasteiger partial charge in [0.25, 0.3) is 5.91 Å². The maximum absolute atomic E-state index is 12.4. The van der Waals surface area contributed by atoms with Crippen molar-refractivity contribution in [2.75, 3.05) is 18.1 Å². The number of thioether (sulfide) groups is 1. The van der Waals surface area contributed by atoms with Crippen LogP contribution in [0.5, 0.6) is 0 Å². The van der Waals surface area contributed by atoms with Gasteiger partial charge in [0.15, 0.2) is 0 Å². The number of hydrogen-bond acceptors (Lipinski definition) is 4. The molecule has 116 valence electrons. The monoisotopic (exact) mass is 337 g/mol. The fraction of sp³-hybridized carbons (Fsp3) is 0.333. The SMILES string of the molecule is O=C(NC[C@@]1(O)CCSC1)c1cn[nH]c1-c1cccc(Cl)c1. The van der Waals surface area contributed by atoms with Gasteiger partial charge in [0.1, 0.15) is 0 Å². The number of benzene rings is 1. The average Bonchev–Trinajstić information content (AvgIpc) is 3.14. The Balaban J connectivity index is 1.75. The van der Waals surface area contributed by atoms with Gasteiger partial charge in [0.05, 0.1) is 23.1 Å². The molecule has 1 fully saturated rings. The van der Waals surface area contributed by atoms with Crippen LogP contribution < -0.4 is 5.32 Å². The van der Waals surface area contributed by atoms with E-state index in [2.05, 4.69) is 15.5 Å². The molecule has 7 heteroatoms. The first-order chi connectivity index (χ1) is 10.6. The van der Waals surface area contributed by atoms with Crippen LogP contribution in [0.2, 0.25) is 5.02 Å². The van der Waals surface area contributed by atoms with Crippen molar-refractivity contribution in [3.8, 4) is 11.3 Å². The number of carbonyl (C=O) groups is 1. The Bertz CT molecular complexity index is 683. The molecule has 5 nitrogen and oxygen atoms in total. The van der Waals surface area contributed by atoms with Gasteiger partial charge in [-0.05, 0) is 24.3 Å². The molecule has 0 aliphatic carbocycles. The number of aromatic nitrogens is 2. The highest BCUT2D eigenvalue weighted by Gasteiger charge is 2.32. The highest BCUT2D eigenvalue weighted by atomic mass is 35.5. The fourth-order valence-corrected chi connectivity index (χ4v) is 3.88. The molecular weight excluding hydrogens is 322 g/mol. The second kappa shape index (κ2) is 6.32. The van der Waals surface area contributed by atoms with E-state index < -0.39 is 5.60 Å². The summed E-state index contributed by atoms with van der Waals surface area (Å²) in [5, 5.41) is 20.5. The molecule has 1 atom stereocenters. The summed E-state index contributed by atoms with van der Waals surface area (Å²) in [7, 11) is 0. The lowest BCUT2D eigenvalue weighted by molar-refractivity contribution is 0.0613. The Morgan fingerprint density at radius 3 is 3.14 bits per heavy atom. The van der Waals surface area contributed by atoms with Gasteiger partial charge < -0.3 is 10.4 Å². The number of nitrogens with zero attached hydrogens (tertiary/aromatic N) is 1. The number of H-pyrrole nitrogens is 1. The Morgan fingerprint density at radius 1 is 1.55 bits per heavy atom. The highest BCUT2D eigenvalue weighted by Crippen LogP contribution is 2.27. The second-order valence-corrected chi connectivity index (χ2v) is 6.92. The van der Waals surface area contributed by atoms with Crippen LogP contribution in [0.4, 0.5) is 0 Å². The Kier molecular flexibility index (Phi) is 4.42. The number of carbonyl (C=O) groups excluding carboxylic acids is 1. The second-order valence-electron chi connectivity index (χ2n) is 5.38. The topological polar surface area (TPSA) is 78.0 Å². The van der Waals surface area contributed by atoms with Crippen LogP contribution in [0.25, 0.3) is 11.3 Å². The van der Waals surface area contributed by atoms with E-state index >= 15 is 0 Å². The van der Waals surface area contributed by atoms with Crippen molar-refractivity contribution in [3.63, 3.8) is 0 Å². The van der Waals surface area contributed by atoms with Crippen molar-refractivity contribution < 1.29 is 9.90 Å². The van der Waals surface area contributed by atoms with Gasteiger partial charge >= 0.3 is 0 Å². The first-order valence-electron chi connectivity index (χ1n) is 6.95. The van der Waals surface area contributed by atoms with Gasteiger partial charge in [-0.2, -0.15) is 16.9 Å². The molecule has 22 heavy (non-hydrogen) atoms. The minimum atomic E-state index is -0.805. The fourth-order valence-electron chi connectivity index (χ4n) is 2.40. The number of amides is 1. The van der Waals surface area contributed by atoms with Crippen molar-refractivity contribution in [3.05, 3.63) is 41.0 Å². The minimum absolute atomic E-state index is 0.249. The van der Waals surface area contributed by atoms with Crippen LogP contribution in [-0.4, -0.2) is 44.9 Å². The number of halogens is 1. The summed E-state index contributed by atoms with van der Waals surface area (Å²) >= 11 is 7.69. The lowest BCUT2D eigenvalue weighted by Gasteiger charge is -2.21. The normalized spacial score (nSPS) is 21.0. The molecule has 0 spiro atoms. The van der Waals surface area contributed by atoms with Gasteiger partial charge in [-0.15, -0.1) is 0 Å². The molecule has 3 N–H and O–H groups in total. The summed E-state index contributed by atoms with van der Waals surface area (Å²) in [5.74, 6) is 1.32. The molecule has 1 amide bonds. The van der Waals surface area contributed by atoms with Gasteiger partial charge in [-0.25, -0.2) is 0 Å². The van der Waals surface area contributed by atoms with Crippen LogP contribution in [0.1, 0.15) is 16.8 Å². The number of aliphatic hydroxyl groups is 1. The summed E-state index contributed by atoms with van der Waals surface area (Å²) < 4.78 is 0. The summed E-state index contributed by atoms with van der Waals surface area (Å²) in [6.07, 6.45) is 2.18. The smallest absolute Gasteiger partial charge is 0.255 e. The molecule has 0 bridgehead atoms. The van der Waals surface area contributed by atoms with Gasteiger partial charge in [0, 0.05) is 22.9 Å². The van der Waals surface area contributed by atoms with Crippen LogP contribution in [0.3, 0.4) is 0 Å². The van der Waals surface area contributed by atoms with Crippen LogP contribution in [0.15, 0.2) is 30.5 Å². The molecule has 3 rings (SSSR count). The largest absolute Gasteiger partial charge is 0.387 e. The van der Waals surface area contributed by atoms with Crippen LogP contribution in [0, 0.1) is 0 Å². The van der Waals surface area contributed by atoms with E-state index in [1.54, 1.807) is 23.9 Å². The van der Waals surface area contributed by atoms with Crippen LogP contribution >= 0.6 is 23.4 Å². The van der Waals surface area contributed by atoms with Gasteiger partial charge in [0.2, 0.25) is 0 Å². The molecule has 0 unspecified atom stereocenters. The first kappa shape index (κ1) is 15.4. The third-order valence-corrected chi connectivity index (χ3v) is 5.13. The number of nitrogens with one attached hydrogen (secondary N) is 2. The van der Waals surface area contributed by atoms with Crippen molar-refractivity contribution in [2.24, 2.45) is 0 Å². The van der Waals surface area contributed by atoms with Crippen molar-refractivity contribution in [1.29, 1.82) is 0 Å². The van der Waals surface area contributed by atoms with Crippen molar-refractivity contribution >= 4 is 29.3 Å². The predicted octanol–water partition coefficient (Wildman–Crippen LogP) is 2.33.